The van der Waals surface area contributed by atoms with Gasteiger partial charge in [-0.25, -0.2) is 0 Å². The van der Waals surface area contributed by atoms with E-state index in [9.17, 15) is 9.59 Å². The molecule has 3 N–H and O–H groups in total. The van der Waals surface area contributed by atoms with Crippen LogP contribution in [0, 0.1) is 5.92 Å². The Morgan fingerprint density at radius 2 is 2.05 bits per heavy atom. The van der Waals surface area contributed by atoms with Crippen LogP contribution < -0.4 is 16.0 Å². The molecule has 1 saturated heterocycles. The third-order valence-electron chi connectivity index (χ3n) is 3.64. The summed E-state index contributed by atoms with van der Waals surface area (Å²) in [7, 11) is 0. The number of nitrogens with one attached hydrogen (secondary N) is 3. The lowest BCUT2D eigenvalue weighted by Gasteiger charge is -2.29. The molecule has 0 radical (unpaired) electrons. The van der Waals surface area contributed by atoms with E-state index in [1.807, 2.05) is 0 Å². The predicted octanol–water partition coefficient (Wildman–Crippen LogP) is -0.0497. The monoisotopic (exact) mass is 298 g/mol. The van der Waals surface area contributed by atoms with Gasteiger partial charge in [0.2, 0.25) is 11.8 Å². The fourth-order valence-electron chi connectivity index (χ4n) is 2.70. The van der Waals surface area contributed by atoms with Crippen molar-refractivity contribution in [3.05, 3.63) is 0 Å². The number of rotatable bonds is 9. The Balaban J connectivity index is 2.24. The summed E-state index contributed by atoms with van der Waals surface area (Å²) in [5.74, 6) is 0.622. The van der Waals surface area contributed by atoms with Gasteiger partial charge in [0.05, 0.1) is 6.54 Å². The summed E-state index contributed by atoms with van der Waals surface area (Å²) < 4.78 is 0. The first-order valence-electron chi connectivity index (χ1n) is 8.06. The van der Waals surface area contributed by atoms with Gasteiger partial charge < -0.3 is 16.0 Å². The number of carbonyl (C=O) groups is 2. The number of piperidine rings is 1. The molecule has 1 aliphatic rings. The Hall–Kier alpha value is -1.14. The number of nitrogens with zero attached hydrogens (tertiary/aromatic N) is 1. The molecule has 1 unspecified atom stereocenters. The van der Waals surface area contributed by atoms with Crippen LogP contribution in [0.1, 0.15) is 33.1 Å². The zero-order valence-corrected chi connectivity index (χ0v) is 13.4. The van der Waals surface area contributed by atoms with Gasteiger partial charge in [0.25, 0.3) is 0 Å². The smallest absolute Gasteiger partial charge is 0.234 e. The van der Waals surface area contributed by atoms with E-state index in [0.717, 1.165) is 32.6 Å². The van der Waals surface area contributed by atoms with Crippen LogP contribution in [0.25, 0.3) is 0 Å². The molecular formula is C15H30N4O2. The Bertz CT molecular complexity index is 317. The van der Waals surface area contributed by atoms with Crippen LogP contribution in [-0.2, 0) is 9.59 Å². The molecule has 2 amide bonds. The molecule has 1 heterocycles. The van der Waals surface area contributed by atoms with E-state index in [1.165, 1.54) is 19.8 Å². The highest BCUT2D eigenvalue weighted by Gasteiger charge is 2.18. The number of amides is 2. The van der Waals surface area contributed by atoms with Crippen molar-refractivity contribution in [3.8, 4) is 0 Å². The number of carbonyl (C=O) groups excluding carboxylic acids is 2. The maximum Gasteiger partial charge on any atom is 0.234 e. The summed E-state index contributed by atoms with van der Waals surface area (Å²) in [6, 6.07) is 0. The molecule has 0 aromatic heterocycles. The molecular weight excluding hydrogens is 268 g/mol. The maximum absolute atomic E-state index is 11.9. The molecule has 6 heteroatoms. The highest BCUT2D eigenvalue weighted by Crippen LogP contribution is 2.11. The van der Waals surface area contributed by atoms with Crippen molar-refractivity contribution in [2.75, 3.05) is 45.8 Å². The predicted molar refractivity (Wildman–Crippen MR) is 84.0 cm³/mol. The Morgan fingerprint density at radius 1 is 1.29 bits per heavy atom. The molecule has 0 bridgehead atoms. The second-order valence-electron chi connectivity index (χ2n) is 5.78. The lowest BCUT2D eigenvalue weighted by atomic mass is 9.99. The normalized spacial score (nSPS) is 18.5. The number of hydrogen-bond acceptors (Lipinski definition) is 4. The molecule has 0 saturated carbocycles. The fraction of sp³-hybridized carbons (Fsp3) is 0.867. The first kappa shape index (κ1) is 17.9. The van der Waals surface area contributed by atoms with Crippen molar-refractivity contribution in [1.29, 1.82) is 0 Å². The topological polar surface area (TPSA) is 73.5 Å². The minimum Gasteiger partial charge on any atom is -0.355 e. The standard InChI is InChI=1S/C15H30N4O2/c1-3-9-19(11-14-5-4-6-16-10-14)12-15(21)18-8-7-17-13(2)20/h14,16H,3-12H2,1-2H3,(H,17,20)(H,18,21). The van der Waals surface area contributed by atoms with Gasteiger partial charge in [-0.3, -0.25) is 14.5 Å². The quantitative estimate of drug-likeness (QED) is 0.522. The van der Waals surface area contributed by atoms with Gasteiger partial charge in [0.1, 0.15) is 0 Å². The van der Waals surface area contributed by atoms with Gasteiger partial charge in [-0.05, 0) is 44.8 Å². The summed E-state index contributed by atoms with van der Waals surface area (Å²) in [4.78, 5) is 24.9. The third kappa shape index (κ3) is 8.67. The second kappa shape index (κ2) is 10.6. The molecule has 6 nitrogen and oxygen atoms in total. The molecule has 122 valence electrons. The van der Waals surface area contributed by atoms with Gasteiger partial charge in [-0.1, -0.05) is 6.92 Å². The van der Waals surface area contributed by atoms with Gasteiger partial charge in [-0.15, -0.1) is 0 Å². The van der Waals surface area contributed by atoms with E-state index >= 15 is 0 Å². The van der Waals surface area contributed by atoms with E-state index in [2.05, 4.69) is 27.8 Å². The van der Waals surface area contributed by atoms with Crippen LogP contribution in [-0.4, -0.2) is 62.5 Å². The maximum atomic E-state index is 11.9. The molecule has 0 aliphatic carbocycles. The Labute approximate surface area is 128 Å². The Kier molecular flexibility index (Phi) is 9.01. The van der Waals surface area contributed by atoms with Crippen LogP contribution in [0.5, 0.6) is 0 Å². The third-order valence-corrected chi connectivity index (χ3v) is 3.64. The van der Waals surface area contributed by atoms with Gasteiger partial charge in [-0.2, -0.15) is 0 Å². The average molecular weight is 298 g/mol. The first-order chi connectivity index (χ1) is 10.1. The molecule has 0 aromatic carbocycles. The van der Waals surface area contributed by atoms with Gasteiger partial charge in [0, 0.05) is 26.6 Å². The van der Waals surface area contributed by atoms with Crippen molar-refractivity contribution in [2.24, 2.45) is 5.92 Å². The van der Waals surface area contributed by atoms with Crippen molar-refractivity contribution < 1.29 is 9.59 Å². The van der Waals surface area contributed by atoms with Crippen LogP contribution in [0.15, 0.2) is 0 Å². The van der Waals surface area contributed by atoms with Crippen molar-refractivity contribution >= 4 is 11.8 Å². The summed E-state index contributed by atoms with van der Waals surface area (Å²) in [5, 5.41) is 8.94. The molecule has 1 rings (SSSR count). The van der Waals surface area contributed by atoms with Crippen LogP contribution in [0.2, 0.25) is 0 Å². The Morgan fingerprint density at radius 3 is 2.67 bits per heavy atom. The van der Waals surface area contributed by atoms with Crippen molar-refractivity contribution in [3.63, 3.8) is 0 Å². The SMILES string of the molecule is CCCN(CC(=O)NCCNC(C)=O)CC1CCCNC1. The van der Waals surface area contributed by atoms with Crippen LogP contribution >= 0.6 is 0 Å². The minimum absolute atomic E-state index is 0.0394. The molecule has 1 atom stereocenters. The largest absolute Gasteiger partial charge is 0.355 e. The van der Waals surface area contributed by atoms with Gasteiger partial charge in [0.15, 0.2) is 0 Å². The molecule has 1 fully saturated rings. The first-order valence-corrected chi connectivity index (χ1v) is 8.06. The minimum atomic E-state index is -0.0679. The van der Waals surface area contributed by atoms with E-state index in [1.54, 1.807) is 0 Å². The summed E-state index contributed by atoms with van der Waals surface area (Å²) in [5.41, 5.74) is 0. The van der Waals surface area contributed by atoms with E-state index < -0.39 is 0 Å². The molecule has 21 heavy (non-hydrogen) atoms. The van der Waals surface area contributed by atoms with E-state index in [0.29, 0.717) is 25.6 Å². The van der Waals surface area contributed by atoms with E-state index in [-0.39, 0.29) is 11.8 Å². The fourth-order valence-corrected chi connectivity index (χ4v) is 2.70. The highest BCUT2D eigenvalue weighted by atomic mass is 16.2. The lowest BCUT2D eigenvalue weighted by Crippen LogP contribution is -2.44. The van der Waals surface area contributed by atoms with Crippen molar-refractivity contribution in [2.45, 2.75) is 33.1 Å². The average Bonchev–Trinajstić information content (AvgIpc) is 2.45. The van der Waals surface area contributed by atoms with Gasteiger partial charge >= 0.3 is 0 Å². The second-order valence-corrected chi connectivity index (χ2v) is 5.78. The van der Waals surface area contributed by atoms with E-state index in [4.69, 9.17) is 0 Å². The van der Waals surface area contributed by atoms with Crippen molar-refractivity contribution in [1.82, 2.24) is 20.9 Å². The summed E-state index contributed by atoms with van der Waals surface area (Å²) in [6.07, 6.45) is 3.53. The molecule has 0 spiro atoms. The summed E-state index contributed by atoms with van der Waals surface area (Å²) in [6.45, 7) is 9.16. The lowest BCUT2D eigenvalue weighted by molar-refractivity contribution is -0.123. The zero-order valence-electron chi connectivity index (χ0n) is 13.4. The molecule has 0 aromatic rings. The molecule has 1 aliphatic heterocycles. The number of hydrogen-bond donors (Lipinski definition) is 3. The summed E-state index contributed by atoms with van der Waals surface area (Å²) >= 11 is 0. The van der Waals surface area contributed by atoms with Crippen LogP contribution in [0.3, 0.4) is 0 Å². The van der Waals surface area contributed by atoms with Crippen LogP contribution in [0.4, 0.5) is 0 Å². The highest BCUT2D eigenvalue weighted by molar-refractivity contribution is 5.78. The zero-order chi connectivity index (χ0) is 15.5.